The van der Waals surface area contributed by atoms with Crippen molar-refractivity contribution in [3.63, 3.8) is 0 Å². The third-order valence-electron chi connectivity index (χ3n) is 3.22. The van der Waals surface area contributed by atoms with Crippen LogP contribution >= 0.6 is 15.9 Å². The molecule has 0 aromatic heterocycles. The minimum absolute atomic E-state index is 0.188. The first kappa shape index (κ1) is 14.5. The zero-order valence-electron chi connectivity index (χ0n) is 11.2. The highest BCUT2D eigenvalue weighted by Crippen LogP contribution is 2.26. The summed E-state index contributed by atoms with van der Waals surface area (Å²) in [5.74, 6) is 0. The Balaban J connectivity index is 3.04. The molecule has 0 radical (unpaired) electrons. The topological polar surface area (TPSA) is 29.3 Å². The van der Waals surface area contributed by atoms with E-state index in [1.807, 2.05) is 6.92 Å². The van der Waals surface area contributed by atoms with E-state index in [9.17, 15) is 0 Å². The van der Waals surface area contributed by atoms with E-state index in [2.05, 4.69) is 59.9 Å². The molecule has 0 heterocycles. The Hall–Kier alpha value is -0.540. The van der Waals surface area contributed by atoms with Crippen LogP contribution in [0.2, 0.25) is 0 Å². The van der Waals surface area contributed by atoms with Crippen molar-refractivity contribution in [2.24, 2.45) is 5.73 Å². The number of halogens is 1. The number of nitrogens with zero attached hydrogens (tertiary/aromatic N) is 1. The summed E-state index contributed by atoms with van der Waals surface area (Å²) < 4.78 is 1.12. The van der Waals surface area contributed by atoms with Crippen LogP contribution in [0.15, 0.2) is 22.7 Å². The Bertz CT molecular complexity index is 363. The minimum atomic E-state index is 0.188. The molecule has 2 atom stereocenters. The molecule has 2 N–H and O–H groups in total. The molecule has 0 aliphatic rings. The van der Waals surface area contributed by atoms with Gasteiger partial charge in [0, 0.05) is 29.3 Å². The Morgan fingerprint density at radius 3 is 2.53 bits per heavy atom. The molecule has 0 spiro atoms. The van der Waals surface area contributed by atoms with Crippen LogP contribution in [0.3, 0.4) is 0 Å². The molecule has 2 nitrogen and oxygen atoms in total. The molecule has 0 amide bonds. The SMILES string of the molecule is CCC(C)N(C)c1ccc(Br)cc1CC(C)N. The zero-order valence-corrected chi connectivity index (χ0v) is 12.8. The maximum atomic E-state index is 5.92. The van der Waals surface area contributed by atoms with Crippen LogP contribution in [-0.4, -0.2) is 19.1 Å². The lowest BCUT2D eigenvalue weighted by Gasteiger charge is -2.29. The molecule has 0 aliphatic carbocycles. The second-order valence-corrected chi connectivity index (χ2v) is 5.74. The summed E-state index contributed by atoms with van der Waals surface area (Å²) in [6, 6.07) is 7.18. The Morgan fingerprint density at radius 1 is 1.35 bits per heavy atom. The van der Waals surface area contributed by atoms with Crippen LogP contribution in [0.25, 0.3) is 0 Å². The minimum Gasteiger partial charge on any atom is -0.372 e. The van der Waals surface area contributed by atoms with E-state index < -0.39 is 0 Å². The molecule has 0 saturated heterocycles. The number of hydrogen-bond acceptors (Lipinski definition) is 2. The van der Waals surface area contributed by atoms with Crippen LogP contribution in [0.5, 0.6) is 0 Å². The summed E-state index contributed by atoms with van der Waals surface area (Å²) in [5.41, 5.74) is 8.53. The van der Waals surface area contributed by atoms with Gasteiger partial charge in [0.15, 0.2) is 0 Å². The number of benzene rings is 1. The van der Waals surface area contributed by atoms with E-state index >= 15 is 0 Å². The molecule has 96 valence electrons. The molecular weight excluding hydrogens is 276 g/mol. The molecule has 1 rings (SSSR count). The first-order valence-corrected chi connectivity index (χ1v) is 7.01. The molecule has 17 heavy (non-hydrogen) atoms. The van der Waals surface area contributed by atoms with E-state index in [0.717, 1.165) is 17.3 Å². The van der Waals surface area contributed by atoms with Crippen molar-refractivity contribution in [1.82, 2.24) is 0 Å². The van der Waals surface area contributed by atoms with E-state index in [0.29, 0.717) is 6.04 Å². The van der Waals surface area contributed by atoms with Gasteiger partial charge in [0.2, 0.25) is 0 Å². The van der Waals surface area contributed by atoms with E-state index in [4.69, 9.17) is 5.73 Å². The predicted molar refractivity (Wildman–Crippen MR) is 79.7 cm³/mol. The fraction of sp³-hybridized carbons (Fsp3) is 0.571. The van der Waals surface area contributed by atoms with Crippen molar-refractivity contribution in [2.45, 2.75) is 45.7 Å². The molecule has 1 aromatic carbocycles. The fourth-order valence-electron chi connectivity index (χ4n) is 1.92. The van der Waals surface area contributed by atoms with Gasteiger partial charge in [0.1, 0.15) is 0 Å². The Kier molecular flexibility index (Phi) is 5.47. The van der Waals surface area contributed by atoms with Gasteiger partial charge in [-0.15, -0.1) is 0 Å². The van der Waals surface area contributed by atoms with Crippen LogP contribution in [-0.2, 0) is 6.42 Å². The largest absolute Gasteiger partial charge is 0.372 e. The number of nitrogens with two attached hydrogens (primary N) is 1. The van der Waals surface area contributed by atoms with Crippen molar-refractivity contribution < 1.29 is 0 Å². The fourth-order valence-corrected chi connectivity index (χ4v) is 2.33. The van der Waals surface area contributed by atoms with Gasteiger partial charge in [-0.3, -0.25) is 0 Å². The lowest BCUT2D eigenvalue weighted by molar-refractivity contribution is 0.656. The maximum Gasteiger partial charge on any atom is 0.0399 e. The highest BCUT2D eigenvalue weighted by Gasteiger charge is 2.13. The standard InChI is InChI=1S/C14H23BrN2/c1-5-11(3)17(4)14-7-6-13(15)9-12(14)8-10(2)16/h6-7,9-11H,5,8,16H2,1-4H3. The lowest BCUT2D eigenvalue weighted by atomic mass is 10.0. The quantitative estimate of drug-likeness (QED) is 0.900. The first-order valence-electron chi connectivity index (χ1n) is 6.22. The molecule has 3 heteroatoms. The number of hydrogen-bond donors (Lipinski definition) is 1. The number of rotatable bonds is 5. The van der Waals surface area contributed by atoms with Crippen molar-refractivity contribution >= 4 is 21.6 Å². The predicted octanol–water partition coefficient (Wildman–Crippen LogP) is 3.57. The molecule has 0 saturated carbocycles. The normalized spacial score (nSPS) is 14.5. The average Bonchev–Trinajstić information content (AvgIpc) is 2.26. The summed E-state index contributed by atoms with van der Waals surface area (Å²) in [4.78, 5) is 2.34. The van der Waals surface area contributed by atoms with Crippen molar-refractivity contribution in [3.05, 3.63) is 28.2 Å². The van der Waals surface area contributed by atoms with Gasteiger partial charge in [-0.2, -0.15) is 0 Å². The summed E-state index contributed by atoms with van der Waals surface area (Å²) in [6.45, 7) is 6.51. The smallest absolute Gasteiger partial charge is 0.0399 e. The summed E-state index contributed by atoms with van der Waals surface area (Å²) >= 11 is 3.53. The monoisotopic (exact) mass is 298 g/mol. The second-order valence-electron chi connectivity index (χ2n) is 4.82. The van der Waals surface area contributed by atoms with E-state index in [1.54, 1.807) is 0 Å². The molecule has 0 bridgehead atoms. The first-order chi connectivity index (χ1) is 7.95. The van der Waals surface area contributed by atoms with E-state index in [-0.39, 0.29) is 6.04 Å². The zero-order chi connectivity index (χ0) is 13.0. The van der Waals surface area contributed by atoms with Crippen molar-refractivity contribution in [2.75, 3.05) is 11.9 Å². The van der Waals surface area contributed by atoms with Crippen LogP contribution in [0.1, 0.15) is 32.8 Å². The highest BCUT2D eigenvalue weighted by atomic mass is 79.9. The van der Waals surface area contributed by atoms with Crippen LogP contribution in [0.4, 0.5) is 5.69 Å². The summed E-state index contributed by atoms with van der Waals surface area (Å²) in [5, 5.41) is 0. The van der Waals surface area contributed by atoms with Gasteiger partial charge in [0.05, 0.1) is 0 Å². The molecule has 2 unspecified atom stereocenters. The average molecular weight is 299 g/mol. The highest BCUT2D eigenvalue weighted by molar-refractivity contribution is 9.10. The van der Waals surface area contributed by atoms with Gasteiger partial charge in [-0.05, 0) is 50.5 Å². The Morgan fingerprint density at radius 2 is 2.00 bits per heavy atom. The van der Waals surface area contributed by atoms with Crippen LogP contribution < -0.4 is 10.6 Å². The summed E-state index contributed by atoms with van der Waals surface area (Å²) in [7, 11) is 2.15. The van der Waals surface area contributed by atoms with Gasteiger partial charge >= 0.3 is 0 Å². The second kappa shape index (κ2) is 6.41. The van der Waals surface area contributed by atoms with Crippen molar-refractivity contribution in [1.29, 1.82) is 0 Å². The summed E-state index contributed by atoms with van der Waals surface area (Å²) in [6.07, 6.45) is 2.06. The number of anilines is 1. The third-order valence-corrected chi connectivity index (χ3v) is 3.71. The van der Waals surface area contributed by atoms with Gasteiger partial charge in [-0.1, -0.05) is 22.9 Å². The van der Waals surface area contributed by atoms with E-state index in [1.165, 1.54) is 11.3 Å². The Labute approximate surface area is 113 Å². The van der Waals surface area contributed by atoms with Gasteiger partial charge in [0.25, 0.3) is 0 Å². The molecule has 1 aromatic rings. The third kappa shape index (κ3) is 4.00. The van der Waals surface area contributed by atoms with Gasteiger partial charge in [-0.25, -0.2) is 0 Å². The van der Waals surface area contributed by atoms with Gasteiger partial charge < -0.3 is 10.6 Å². The molecule has 0 aliphatic heterocycles. The molecular formula is C14H23BrN2. The lowest BCUT2D eigenvalue weighted by Crippen LogP contribution is -2.30. The van der Waals surface area contributed by atoms with Crippen molar-refractivity contribution in [3.8, 4) is 0 Å². The van der Waals surface area contributed by atoms with Crippen LogP contribution in [0, 0.1) is 0 Å². The maximum absolute atomic E-state index is 5.92. The molecule has 0 fully saturated rings.